The average Bonchev–Trinajstić information content (AvgIpc) is 3.15. The minimum atomic E-state index is -3.03. The van der Waals surface area contributed by atoms with Crippen molar-refractivity contribution in [2.75, 3.05) is 12.0 Å². The molecule has 0 aromatic heterocycles. The molecular formula is C26H28N6O8. The SMILES string of the molecule is COC(=O)[C@](C(C)=O)(N1C(=O)N[C@](C)(c2ccc(C=NN)cc2)C1=O)N(C(=O)[C@@H](N)CC(=O)O)c1ccccc1. The number of nitrogens with one attached hydrogen (secondary N) is 1. The second-order valence-corrected chi connectivity index (χ2v) is 9.03. The number of carbonyl (C=O) groups excluding carboxylic acids is 5. The lowest BCUT2D eigenvalue weighted by molar-refractivity contribution is -0.164. The first kappa shape index (κ1) is 29.4. The number of ketones is 1. The molecule has 1 aliphatic rings. The number of hydrazone groups is 1. The van der Waals surface area contributed by atoms with Crippen molar-refractivity contribution < 1.29 is 38.6 Å². The van der Waals surface area contributed by atoms with Crippen LogP contribution in [0.4, 0.5) is 10.5 Å². The lowest BCUT2D eigenvalue weighted by Crippen LogP contribution is -2.74. The van der Waals surface area contributed by atoms with E-state index in [4.69, 9.17) is 16.3 Å². The number of para-hydroxylation sites is 1. The largest absolute Gasteiger partial charge is 0.481 e. The standard InChI is InChI=1S/C26H28N6O8/c1-15(33)26(23(38)40-3,31(18-7-5-4-6-8-18)21(36)19(27)13-20(34)35)32-22(37)25(2,30-24(32)39)17-11-9-16(10-12-17)14-29-28/h4-12,14,19H,13,27-28H2,1-3H3,(H,30,39)(H,34,35)/t19-,25+,26-/m0/s1. The molecule has 3 rings (SSSR count). The minimum absolute atomic E-state index is 0.131. The lowest BCUT2D eigenvalue weighted by Gasteiger charge is -2.44. The third-order valence-electron chi connectivity index (χ3n) is 6.46. The Morgan fingerprint density at radius 1 is 1.15 bits per heavy atom. The Kier molecular flexibility index (Phi) is 8.34. The number of urea groups is 1. The molecule has 0 bridgehead atoms. The highest BCUT2D eigenvalue weighted by Crippen LogP contribution is 2.38. The predicted octanol–water partition coefficient (Wildman–Crippen LogP) is 0.0397. The number of rotatable bonds is 10. The predicted molar refractivity (Wildman–Crippen MR) is 141 cm³/mol. The van der Waals surface area contributed by atoms with E-state index in [1.54, 1.807) is 18.2 Å². The fourth-order valence-corrected chi connectivity index (χ4v) is 4.49. The van der Waals surface area contributed by atoms with Gasteiger partial charge in [0.15, 0.2) is 5.78 Å². The summed E-state index contributed by atoms with van der Waals surface area (Å²) in [4.78, 5) is 80.7. The van der Waals surface area contributed by atoms with Gasteiger partial charge in [0, 0.05) is 5.69 Å². The normalized spacial score (nSPS) is 19.1. The number of hydrogen-bond donors (Lipinski definition) is 4. The van der Waals surface area contributed by atoms with E-state index in [9.17, 15) is 33.9 Å². The molecule has 0 aliphatic carbocycles. The Labute approximate surface area is 228 Å². The molecule has 1 fully saturated rings. The average molecular weight is 553 g/mol. The number of imide groups is 1. The van der Waals surface area contributed by atoms with Crippen LogP contribution in [0.15, 0.2) is 59.7 Å². The van der Waals surface area contributed by atoms with E-state index >= 15 is 0 Å². The van der Waals surface area contributed by atoms with Gasteiger partial charge in [-0.1, -0.05) is 42.5 Å². The quantitative estimate of drug-likeness (QED) is 0.0775. The van der Waals surface area contributed by atoms with E-state index in [-0.39, 0.29) is 11.3 Å². The summed E-state index contributed by atoms with van der Waals surface area (Å²) in [6.07, 6.45) is 0.475. The summed E-state index contributed by atoms with van der Waals surface area (Å²) in [5, 5.41) is 15.2. The van der Waals surface area contributed by atoms with E-state index in [0.717, 1.165) is 14.0 Å². The van der Waals surface area contributed by atoms with Crippen LogP contribution in [0.2, 0.25) is 0 Å². The van der Waals surface area contributed by atoms with Gasteiger partial charge < -0.3 is 26.7 Å². The molecule has 2 aromatic rings. The summed E-state index contributed by atoms with van der Waals surface area (Å²) in [7, 11) is 0.903. The van der Waals surface area contributed by atoms with E-state index in [1.165, 1.54) is 49.5 Å². The lowest BCUT2D eigenvalue weighted by atomic mass is 9.89. The van der Waals surface area contributed by atoms with Crippen LogP contribution in [0.5, 0.6) is 0 Å². The van der Waals surface area contributed by atoms with E-state index in [1.807, 2.05) is 0 Å². The highest BCUT2D eigenvalue weighted by molar-refractivity contribution is 6.24. The van der Waals surface area contributed by atoms with E-state index < -0.39 is 59.2 Å². The number of methoxy groups -OCH3 is 1. The van der Waals surface area contributed by atoms with Crippen molar-refractivity contribution in [3.63, 3.8) is 0 Å². The van der Waals surface area contributed by atoms with E-state index in [0.29, 0.717) is 15.4 Å². The second-order valence-electron chi connectivity index (χ2n) is 9.03. The molecule has 210 valence electrons. The van der Waals surface area contributed by atoms with Crippen LogP contribution in [0.1, 0.15) is 31.4 Å². The summed E-state index contributed by atoms with van der Waals surface area (Å²) in [5.41, 5.74) is 1.77. The van der Waals surface area contributed by atoms with Crippen LogP contribution in [0, 0.1) is 0 Å². The van der Waals surface area contributed by atoms with Gasteiger partial charge in [-0.2, -0.15) is 5.10 Å². The van der Waals surface area contributed by atoms with Gasteiger partial charge in [-0.15, -0.1) is 0 Å². The number of carbonyl (C=O) groups is 6. The molecular weight excluding hydrogens is 524 g/mol. The summed E-state index contributed by atoms with van der Waals surface area (Å²) < 4.78 is 4.91. The van der Waals surface area contributed by atoms with Gasteiger partial charge in [0.2, 0.25) is 5.91 Å². The molecule has 3 atom stereocenters. The Hall–Kier alpha value is -5.11. The number of carboxylic acid groups (broad SMARTS) is 1. The third-order valence-corrected chi connectivity index (χ3v) is 6.46. The van der Waals surface area contributed by atoms with Crippen LogP contribution < -0.4 is 21.8 Å². The minimum Gasteiger partial charge on any atom is -0.481 e. The van der Waals surface area contributed by atoms with Gasteiger partial charge >= 0.3 is 18.0 Å². The van der Waals surface area contributed by atoms with Gasteiger partial charge in [0.1, 0.15) is 5.54 Å². The first-order chi connectivity index (χ1) is 18.9. The molecule has 1 aliphatic heterocycles. The Morgan fingerprint density at radius 2 is 1.75 bits per heavy atom. The fourth-order valence-electron chi connectivity index (χ4n) is 4.49. The first-order valence-electron chi connectivity index (χ1n) is 11.8. The van der Waals surface area contributed by atoms with E-state index in [2.05, 4.69) is 10.4 Å². The van der Waals surface area contributed by atoms with Crippen molar-refractivity contribution in [3.8, 4) is 0 Å². The molecule has 40 heavy (non-hydrogen) atoms. The third kappa shape index (κ3) is 4.87. The fraction of sp³-hybridized carbons (Fsp3) is 0.269. The Balaban J connectivity index is 2.30. The van der Waals surface area contributed by atoms with Crippen LogP contribution in [-0.2, 0) is 34.2 Å². The number of anilines is 1. The van der Waals surface area contributed by atoms with Crippen LogP contribution >= 0.6 is 0 Å². The molecule has 4 amide bonds. The number of ether oxygens (including phenoxy) is 1. The smallest absolute Gasteiger partial charge is 0.362 e. The van der Waals surface area contributed by atoms with Gasteiger partial charge in [0.05, 0.1) is 25.8 Å². The number of carboxylic acids is 1. The molecule has 0 saturated carbocycles. The Morgan fingerprint density at radius 3 is 2.25 bits per heavy atom. The highest BCUT2D eigenvalue weighted by atomic mass is 16.5. The molecule has 0 radical (unpaired) electrons. The van der Waals surface area contributed by atoms with Crippen molar-refractivity contribution >= 4 is 47.5 Å². The maximum Gasteiger partial charge on any atom is 0.362 e. The molecule has 2 aromatic carbocycles. The number of amides is 4. The van der Waals surface area contributed by atoms with Crippen LogP contribution in [0.25, 0.3) is 0 Å². The molecule has 0 unspecified atom stereocenters. The number of nitrogens with two attached hydrogens (primary N) is 2. The Bertz CT molecular complexity index is 1380. The second kappa shape index (κ2) is 11.3. The summed E-state index contributed by atoms with van der Waals surface area (Å²) in [6.45, 7) is 2.24. The summed E-state index contributed by atoms with van der Waals surface area (Å²) in [5.74, 6) is -1.17. The van der Waals surface area contributed by atoms with Crippen molar-refractivity contribution in [1.82, 2.24) is 10.2 Å². The van der Waals surface area contributed by atoms with Crippen LogP contribution in [-0.4, -0.2) is 70.6 Å². The summed E-state index contributed by atoms with van der Waals surface area (Å²) in [6, 6.07) is 10.3. The van der Waals surface area contributed by atoms with Gasteiger partial charge in [-0.3, -0.25) is 24.1 Å². The molecule has 0 spiro atoms. The summed E-state index contributed by atoms with van der Waals surface area (Å²) >= 11 is 0. The molecule has 6 N–H and O–H groups in total. The maximum atomic E-state index is 14.1. The number of nitrogens with zero attached hydrogens (tertiary/aromatic N) is 3. The van der Waals surface area contributed by atoms with Crippen LogP contribution in [0.3, 0.4) is 0 Å². The van der Waals surface area contributed by atoms with Crippen molar-refractivity contribution in [2.24, 2.45) is 16.7 Å². The molecule has 1 saturated heterocycles. The number of Topliss-reactive ketones (excluding diaryl/α,β-unsaturated/α-hetero) is 1. The first-order valence-corrected chi connectivity index (χ1v) is 11.8. The topological polar surface area (TPSA) is 215 Å². The zero-order valence-electron chi connectivity index (χ0n) is 21.9. The number of aliphatic carboxylic acids is 1. The number of hydrogen-bond acceptors (Lipinski definition) is 10. The van der Waals surface area contributed by atoms with Gasteiger partial charge in [-0.25, -0.2) is 14.5 Å². The zero-order chi connectivity index (χ0) is 29.8. The molecule has 14 nitrogen and oxygen atoms in total. The number of benzene rings is 2. The van der Waals surface area contributed by atoms with Crippen molar-refractivity contribution in [2.45, 2.75) is 37.5 Å². The highest BCUT2D eigenvalue weighted by Gasteiger charge is 2.67. The van der Waals surface area contributed by atoms with Crippen molar-refractivity contribution in [1.29, 1.82) is 0 Å². The van der Waals surface area contributed by atoms with Gasteiger partial charge in [0.25, 0.3) is 11.6 Å². The monoisotopic (exact) mass is 552 g/mol. The van der Waals surface area contributed by atoms with Crippen molar-refractivity contribution in [3.05, 3.63) is 65.7 Å². The maximum absolute atomic E-state index is 14.1. The van der Waals surface area contributed by atoms with Gasteiger partial charge in [-0.05, 0) is 37.1 Å². The zero-order valence-corrected chi connectivity index (χ0v) is 21.9. The molecule has 1 heterocycles. The molecule has 14 heteroatoms. The number of esters is 1.